The Labute approximate surface area is 146 Å². The molecular formula is C19H22N4O2. The second-order valence-electron chi connectivity index (χ2n) is 6.20. The van der Waals surface area contributed by atoms with Gasteiger partial charge in [-0.2, -0.15) is 0 Å². The number of hydrogen-bond acceptors (Lipinski definition) is 3. The van der Waals surface area contributed by atoms with Gasteiger partial charge < -0.3 is 14.7 Å². The van der Waals surface area contributed by atoms with Crippen LogP contribution in [0.2, 0.25) is 0 Å². The van der Waals surface area contributed by atoms with E-state index < -0.39 is 0 Å². The number of H-pyrrole nitrogens is 1. The van der Waals surface area contributed by atoms with Gasteiger partial charge in [-0.1, -0.05) is 13.0 Å². The number of nitrogens with one attached hydrogen (secondary N) is 2. The number of ketones is 1. The van der Waals surface area contributed by atoms with E-state index >= 15 is 0 Å². The number of rotatable bonds is 5. The molecule has 25 heavy (non-hydrogen) atoms. The number of nitrogens with zero attached hydrogens (tertiary/aromatic N) is 2. The summed E-state index contributed by atoms with van der Waals surface area (Å²) in [6, 6.07) is 5.90. The fourth-order valence-electron chi connectivity index (χ4n) is 3.24. The number of aryl methyl sites for hydroxylation is 2. The number of carbonyl (C=O) groups is 2. The third kappa shape index (κ3) is 3.07. The van der Waals surface area contributed by atoms with E-state index in [0.29, 0.717) is 24.2 Å². The summed E-state index contributed by atoms with van der Waals surface area (Å²) < 4.78 is 1.99. The molecule has 0 saturated heterocycles. The van der Waals surface area contributed by atoms with Crippen molar-refractivity contribution in [2.24, 2.45) is 0 Å². The Morgan fingerprint density at radius 2 is 2.04 bits per heavy atom. The average Bonchev–Trinajstić information content (AvgIpc) is 3.13. The molecule has 0 unspecified atom stereocenters. The van der Waals surface area contributed by atoms with E-state index in [1.807, 2.05) is 49.6 Å². The first kappa shape index (κ1) is 17.0. The molecule has 0 fully saturated rings. The van der Waals surface area contributed by atoms with Gasteiger partial charge in [-0.05, 0) is 44.9 Å². The smallest absolute Gasteiger partial charge is 0.268 e. The van der Waals surface area contributed by atoms with Crippen LogP contribution in [-0.2, 0) is 13.0 Å². The van der Waals surface area contributed by atoms with Crippen LogP contribution < -0.4 is 5.32 Å². The largest absolute Gasteiger partial charge is 0.354 e. The maximum atomic E-state index is 12.6. The molecule has 3 aromatic rings. The first-order chi connectivity index (χ1) is 11.9. The van der Waals surface area contributed by atoms with E-state index in [1.54, 1.807) is 0 Å². The normalized spacial score (nSPS) is 11.0. The minimum Gasteiger partial charge on any atom is -0.354 e. The van der Waals surface area contributed by atoms with E-state index in [9.17, 15) is 9.59 Å². The number of aromatic amines is 1. The van der Waals surface area contributed by atoms with Crippen molar-refractivity contribution in [1.29, 1.82) is 0 Å². The number of Topliss-reactive ketones (excluding diaryl/α,β-unsaturated/α-hetero) is 1. The molecule has 0 aromatic carbocycles. The molecule has 3 aromatic heterocycles. The quantitative estimate of drug-likeness (QED) is 0.702. The lowest BCUT2D eigenvalue weighted by Crippen LogP contribution is -2.24. The van der Waals surface area contributed by atoms with Gasteiger partial charge in [0, 0.05) is 23.1 Å². The highest BCUT2D eigenvalue weighted by Gasteiger charge is 2.21. The average molecular weight is 338 g/mol. The second kappa shape index (κ2) is 6.55. The Bertz CT molecular complexity index is 965. The number of hydrogen-bond donors (Lipinski definition) is 2. The highest BCUT2D eigenvalue weighted by Crippen LogP contribution is 2.20. The van der Waals surface area contributed by atoms with Gasteiger partial charge in [-0.3, -0.25) is 9.59 Å². The monoisotopic (exact) mass is 338 g/mol. The molecule has 6 heteroatoms. The maximum absolute atomic E-state index is 12.6. The minimum absolute atomic E-state index is 0.0273. The van der Waals surface area contributed by atoms with E-state index in [4.69, 9.17) is 0 Å². The summed E-state index contributed by atoms with van der Waals surface area (Å²) in [6.07, 6.45) is 2.54. The number of pyridine rings is 1. The van der Waals surface area contributed by atoms with Gasteiger partial charge >= 0.3 is 0 Å². The van der Waals surface area contributed by atoms with Crippen LogP contribution in [-0.4, -0.2) is 26.1 Å². The molecule has 3 rings (SSSR count). The molecule has 0 aliphatic heterocycles. The van der Waals surface area contributed by atoms with Crippen LogP contribution in [0, 0.1) is 13.8 Å². The van der Waals surface area contributed by atoms with Crippen LogP contribution in [0.5, 0.6) is 0 Å². The lowest BCUT2D eigenvalue weighted by atomic mass is 10.0. The number of aromatic nitrogens is 3. The van der Waals surface area contributed by atoms with Gasteiger partial charge in [0.25, 0.3) is 5.91 Å². The molecule has 0 aliphatic carbocycles. The molecule has 1 amide bonds. The molecule has 6 nitrogen and oxygen atoms in total. The Balaban J connectivity index is 1.81. The Hall–Kier alpha value is -2.89. The number of amides is 1. The highest BCUT2D eigenvalue weighted by atomic mass is 16.2. The van der Waals surface area contributed by atoms with Gasteiger partial charge in [-0.15, -0.1) is 0 Å². The van der Waals surface area contributed by atoms with Gasteiger partial charge in [-0.25, -0.2) is 4.98 Å². The lowest BCUT2D eigenvalue weighted by molar-refractivity contribution is 0.0945. The van der Waals surface area contributed by atoms with Crippen LogP contribution in [0.3, 0.4) is 0 Å². The van der Waals surface area contributed by atoms with Crippen LogP contribution >= 0.6 is 0 Å². The molecule has 0 radical (unpaired) electrons. The fourth-order valence-corrected chi connectivity index (χ4v) is 3.24. The van der Waals surface area contributed by atoms with Gasteiger partial charge in [0.05, 0.1) is 12.2 Å². The van der Waals surface area contributed by atoms with Crippen molar-refractivity contribution in [2.45, 2.75) is 40.7 Å². The number of imidazole rings is 1. The zero-order valence-corrected chi connectivity index (χ0v) is 14.9. The van der Waals surface area contributed by atoms with Crippen molar-refractivity contribution in [1.82, 2.24) is 19.7 Å². The molecular weight excluding hydrogens is 316 g/mol. The predicted molar refractivity (Wildman–Crippen MR) is 96.0 cm³/mol. The van der Waals surface area contributed by atoms with E-state index in [-0.39, 0.29) is 11.7 Å². The molecule has 2 N–H and O–H groups in total. The van der Waals surface area contributed by atoms with E-state index in [1.165, 1.54) is 6.92 Å². The Morgan fingerprint density at radius 1 is 1.28 bits per heavy atom. The molecule has 0 bridgehead atoms. The Kier molecular flexibility index (Phi) is 4.44. The van der Waals surface area contributed by atoms with Crippen molar-refractivity contribution < 1.29 is 9.59 Å². The first-order valence-corrected chi connectivity index (χ1v) is 8.36. The molecule has 0 saturated carbocycles. The standard InChI is InChI=1S/C19H22N4O2/c1-5-15-17(13(4)24)12(3)21-18(15)19(25)20-9-14-10-23-11(2)7-6-8-16(23)22-14/h6-8,10,21H,5,9H2,1-4H3,(H,20,25). The lowest BCUT2D eigenvalue weighted by Gasteiger charge is -2.04. The van der Waals surface area contributed by atoms with Crippen LogP contribution in [0.15, 0.2) is 24.4 Å². The zero-order chi connectivity index (χ0) is 18.1. The summed E-state index contributed by atoms with van der Waals surface area (Å²) in [5, 5.41) is 2.89. The topological polar surface area (TPSA) is 79.3 Å². The highest BCUT2D eigenvalue weighted by molar-refractivity contribution is 6.02. The van der Waals surface area contributed by atoms with Crippen molar-refractivity contribution in [3.8, 4) is 0 Å². The summed E-state index contributed by atoms with van der Waals surface area (Å²) in [6.45, 7) is 7.62. The first-order valence-electron chi connectivity index (χ1n) is 8.36. The molecule has 0 atom stereocenters. The Morgan fingerprint density at radius 3 is 2.68 bits per heavy atom. The van der Waals surface area contributed by atoms with Crippen LogP contribution in [0.25, 0.3) is 5.65 Å². The third-order valence-electron chi connectivity index (χ3n) is 4.40. The fraction of sp³-hybridized carbons (Fsp3) is 0.316. The predicted octanol–water partition coefficient (Wildman–Crippen LogP) is 2.97. The van der Waals surface area contributed by atoms with E-state index in [0.717, 1.165) is 28.3 Å². The summed E-state index contributed by atoms with van der Waals surface area (Å²) >= 11 is 0. The number of carbonyl (C=O) groups excluding carboxylic acids is 2. The molecule has 3 heterocycles. The minimum atomic E-state index is -0.221. The molecule has 0 aliphatic rings. The SMILES string of the molecule is CCc1c(C(=O)NCc2cn3c(C)cccc3n2)[nH]c(C)c1C(C)=O. The van der Waals surface area contributed by atoms with Crippen molar-refractivity contribution in [3.63, 3.8) is 0 Å². The van der Waals surface area contributed by atoms with Crippen molar-refractivity contribution >= 4 is 17.3 Å². The summed E-state index contributed by atoms with van der Waals surface area (Å²) in [4.78, 5) is 32.0. The van der Waals surface area contributed by atoms with Gasteiger partial charge in [0.2, 0.25) is 0 Å². The van der Waals surface area contributed by atoms with Crippen molar-refractivity contribution in [3.05, 3.63) is 58.3 Å². The van der Waals surface area contributed by atoms with Gasteiger partial charge in [0.15, 0.2) is 5.78 Å². The second-order valence-corrected chi connectivity index (χ2v) is 6.20. The van der Waals surface area contributed by atoms with E-state index in [2.05, 4.69) is 15.3 Å². The molecule has 0 spiro atoms. The summed E-state index contributed by atoms with van der Waals surface area (Å²) in [5.74, 6) is -0.248. The number of fused-ring (bicyclic) bond motifs is 1. The summed E-state index contributed by atoms with van der Waals surface area (Å²) in [7, 11) is 0. The third-order valence-corrected chi connectivity index (χ3v) is 4.40. The summed E-state index contributed by atoms with van der Waals surface area (Å²) in [5.41, 5.74) is 5.32. The van der Waals surface area contributed by atoms with Gasteiger partial charge in [0.1, 0.15) is 11.3 Å². The van der Waals surface area contributed by atoms with Crippen LogP contribution in [0.4, 0.5) is 0 Å². The zero-order valence-electron chi connectivity index (χ0n) is 14.9. The van der Waals surface area contributed by atoms with Crippen molar-refractivity contribution in [2.75, 3.05) is 0 Å². The maximum Gasteiger partial charge on any atom is 0.268 e. The molecule has 130 valence electrons. The van der Waals surface area contributed by atoms with Crippen LogP contribution in [0.1, 0.15) is 57.3 Å².